The van der Waals surface area contributed by atoms with Crippen molar-refractivity contribution in [2.75, 3.05) is 6.54 Å². The lowest BCUT2D eigenvalue weighted by Gasteiger charge is -2.21. The average Bonchev–Trinajstić information content (AvgIpc) is 2.79. The van der Waals surface area contributed by atoms with Gasteiger partial charge in [0.15, 0.2) is 0 Å². The van der Waals surface area contributed by atoms with Crippen molar-refractivity contribution < 1.29 is 12.8 Å². The Balaban J connectivity index is 2.49. The van der Waals surface area contributed by atoms with Crippen molar-refractivity contribution in [1.82, 2.24) is 4.31 Å². The number of hydrogen-bond acceptors (Lipinski definition) is 3. The first-order valence-electron chi connectivity index (χ1n) is 6.07. The summed E-state index contributed by atoms with van der Waals surface area (Å²) in [6.07, 6.45) is 1.64. The van der Waals surface area contributed by atoms with Crippen molar-refractivity contribution >= 4 is 21.6 Å². The number of benzene rings is 1. The van der Waals surface area contributed by atoms with Gasteiger partial charge in [-0.1, -0.05) is 11.6 Å². The van der Waals surface area contributed by atoms with E-state index in [0.29, 0.717) is 12.1 Å². The first kappa shape index (κ1) is 14.7. The Hall–Kier alpha value is -0.690. The molecule has 0 aliphatic carbocycles. The van der Waals surface area contributed by atoms with Gasteiger partial charge in [0.05, 0.1) is 9.92 Å². The highest BCUT2D eigenvalue weighted by Gasteiger charge is 2.33. The van der Waals surface area contributed by atoms with Crippen molar-refractivity contribution in [3.63, 3.8) is 0 Å². The van der Waals surface area contributed by atoms with E-state index >= 15 is 0 Å². The van der Waals surface area contributed by atoms with Crippen molar-refractivity contribution in [2.24, 2.45) is 5.73 Å². The molecule has 1 fully saturated rings. The van der Waals surface area contributed by atoms with Crippen molar-refractivity contribution in [1.29, 1.82) is 0 Å². The van der Waals surface area contributed by atoms with E-state index in [1.165, 1.54) is 10.4 Å². The van der Waals surface area contributed by atoms with Crippen LogP contribution in [0.2, 0.25) is 5.02 Å². The molecule has 0 bridgehead atoms. The molecule has 1 unspecified atom stereocenters. The molecule has 4 nitrogen and oxygen atoms in total. The van der Waals surface area contributed by atoms with E-state index in [9.17, 15) is 12.8 Å². The summed E-state index contributed by atoms with van der Waals surface area (Å²) in [7, 11) is -3.68. The van der Waals surface area contributed by atoms with Gasteiger partial charge in [-0.3, -0.25) is 0 Å². The molecular formula is C12H16ClFN2O2S. The summed E-state index contributed by atoms with van der Waals surface area (Å²) in [5.74, 6) is -0.755. The zero-order valence-corrected chi connectivity index (χ0v) is 12.1. The van der Waals surface area contributed by atoms with E-state index in [1.54, 1.807) is 0 Å². The van der Waals surface area contributed by atoms with Crippen LogP contribution in [0, 0.1) is 5.82 Å². The summed E-state index contributed by atoms with van der Waals surface area (Å²) >= 11 is 5.74. The molecule has 19 heavy (non-hydrogen) atoms. The van der Waals surface area contributed by atoms with Crippen LogP contribution < -0.4 is 5.73 Å². The molecule has 1 aromatic rings. The van der Waals surface area contributed by atoms with Crippen LogP contribution in [0.5, 0.6) is 0 Å². The Labute approximate surface area is 117 Å². The third-order valence-electron chi connectivity index (χ3n) is 3.40. The number of nitrogens with two attached hydrogens (primary N) is 1. The van der Waals surface area contributed by atoms with E-state index < -0.39 is 15.8 Å². The predicted molar refractivity (Wildman–Crippen MR) is 71.9 cm³/mol. The molecule has 2 N–H and O–H groups in total. The lowest BCUT2D eigenvalue weighted by atomic mass is 10.2. The second-order valence-electron chi connectivity index (χ2n) is 4.69. The van der Waals surface area contributed by atoms with Gasteiger partial charge in [-0.05, 0) is 37.5 Å². The zero-order chi connectivity index (χ0) is 14.2. The van der Waals surface area contributed by atoms with Gasteiger partial charge in [0.25, 0.3) is 0 Å². The normalized spacial score (nSPS) is 20.9. The van der Waals surface area contributed by atoms with Crippen LogP contribution in [0.25, 0.3) is 0 Å². The van der Waals surface area contributed by atoms with E-state index in [2.05, 4.69) is 0 Å². The van der Waals surface area contributed by atoms with Crippen LogP contribution in [-0.2, 0) is 16.6 Å². The zero-order valence-electron chi connectivity index (χ0n) is 10.6. The van der Waals surface area contributed by atoms with Gasteiger partial charge in [-0.25, -0.2) is 12.8 Å². The summed E-state index contributed by atoms with van der Waals surface area (Å²) in [6, 6.07) is 2.25. The molecule has 0 amide bonds. The number of halogens is 2. The van der Waals surface area contributed by atoms with Gasteiger partial charge >= 0.3 is 0 Å². The van der Waals surface area contributed by atoms with Crippen molar-refractivity contribution in [3.8, 4) is 0 Å². The lowest BCUT2D eigenvalue weighted by Crippen LogP contribution is -2.33. The molecule has 106 valence electrons. The first-order chi connectivity index (χ1) is 8.87. The lowest BCUT2D eigenvalue weighted by molar-refractivity contribution is 0.408. The van der Waals surface area contributed by atoms with Crippen LogP contribution in [-0.4, -0.2) is 25.3 Å². The van der Waals surface area contributed by atoms with Crippen LogP contribution in [0.15, 0.2) is 17.0 Å². The highest BCUT2D eigenvalue weighted by Crippen LogP contribution is 2.29. The molecule has 1 atom stereocenters. The predicted octanol–water partition coefficient (Wildman–Crippen LogP) is 2.11. The first-order valence-corrected chi connectivity index (χ1v) is 7.89. The third-order valence-corrected chi connectivity index (χ3v) is 5.81. The Kier molecular flexibility index (Phi) is 4.15. The minimum Gasteiger partial charge on any atom is -0.326 e. The summed E-state index contributed by atoms with van der Waals surface area (Å²) in [6.45, 7) is 2.31. The van der Waals surface area contributed by atoms with Gasteiger partial charge in [-0.2, -0.15) is 4.31 Å². The quantitative estimate of drug-likeness (QED) is 0.930. The monoisotopic (exact) mass is 306 g/mol. The average molecular weight is 307 g/mol. The molecule has 1 aliphatic heterocycles. The van der Waals surface area contributed by atoms with E-state index in [1.807, 2.05) is 6.92 Å². The summed E-state index contributed by atoms with van der Waals surface area (Å²) in [5.41, 5.74) is 5.75. The number of hydrogen-bond donors (Lipinski definition) is 1. The van der Waals surface area contributed by atoms with Gasteiger partial charge in [-0.15, -0.1) is 0 Å². The molecule has 1 saturated heterocycles. The number of nitrogens with zero attached hydrogens (tertiary/aromatic N) is 1. The molecule has 7 heteroatoms. The van der Waals surface area contributed by atoms with E-state index in [-0.39, 0.29) is 22.5 Å². The topological polar surface area (TPSA) is 63.4 Å². The van der Waals surface area contributed by atoms with E-state index in [0.717, 1.165) is 18.9 Å². The summed E-state index contributed by atoms with van der Waals surface area (Å²) in [5, 5.41) is -0.115. The molecule has 0 spiro atoms. The molecule has 0 radical (unpaired) electrons. The maximum absolute atomic E-state index is 13.7. The maximum Gasteiger partial charge on any atom is 0.243 e. The molecule has 2 rings (SSSR count). The van der Waals surface area contributed by atoms with Crippen molar-refractivity contribution in [3.05, 3.63) is 28.5 Å². The van der Waals surface area contributed by atoms with Gasteiger partial charge in [0.1, 0.15) is 5.82 Å². The number of rotatable bonds is 3. The van der Waals surface area contributed by atoms with Crippen LogP contribution in [0.3, 0.4) is 0 Å². The molecule has 0 saturated carbocycles. The fourth-order valence-corrected chi connectivity index (χ4v) is 4.26. The smallest absolute Gasteiger partial charge is 0.243 e. The Bertz CT molecular complexity index is 592. The fourth-order valence-electron chi connectivity index (χ4n) is 2.32. The maximum atomic E-state index is 13.7. The Morgan fingerprint density at radius 1 is 1.53 bits per heavy atom. The minimum atomic E-state index is -3.68. The Morgan fingerprint density at radius 3 is 2.74 bits per heavy atom. The second kappa shape index (κ2) is 5.36. The summed E-state index contributed by atoms with van der Waals surface area (Å²) in [4.78, 5) is -0.0800. The van der Waals surface area contributed by atoms with Crippen LogP contribution >= 0.6 is 11.6 Å². The van der Waals surface area contributed by atoms with Gasteiger partial charge < -0.3 is 5.73 Å². The molecule has 0 aromatic heterocycles. The number of sulfonamides is 1. The van der Waals surface area contributed by atoms with Crippen molar-refractivity contribution in [2.45, 2.75) is 37.2 Å². The highest BCUT2D eigenvalue weighted by molar-refractivity contribution is 7.89. The van der Waals surface area contributed by atoms with E-state index in [4.69, 9.17) is 17.3 Å². The second-order valence-corrected chi connectivity index (χ2v) is 6.96. The third kappa shape index (κ3) is 2.63. The molecule has 1 heterocycles. The minimum absolute atomic E-state index is 0.00529. The van der Waals surface area contributed by atoms with Gasteiger partial charge in [0.2, 0.25) is 10.0 Å². The highest BCUT2D eigenvalue weighted by atomic mass is 35.5. The fraction of sp³-hybridized carbons (Fsp3) is 0.500. The molecule has 1 aliphatic rings. The molecular weight excluding hydrogens is 291 g/mol. The standard InChI is InChI=1S/C12H16ClFN2O2S/c1-8-3-2-4-16(8)19(17,18)10-5-9(7-15)12(13)11(14)6-10/h5-6,8H,2-4,7,15H2,1H3. The largest absolute Gasteiger partial charge is 0.326 e. The Morgan fingerprint density at radius 2 is 2.21 bits per heavy atom. The molecule has 1 aromatic carbocycles. The van der Waals surface area contributed by atoms with Crippen LogP contribution in [0.4, 0.5) is 4.39 Å². The van der Waals surface area contributed by atoms with Gasteiger partial charge in [0, 0.05) is 19.1 Å². The summed E-state index contributed by atoms with van der Waals surface area (Å²) < 4.78 is 40.0. The van der Waals surface area contributed by atoms with Crippen LogP contribution in [0.1, 0.15) is 25.3 Å². The SMILES string of the molecule is CC1CCCN1S(=O)(=O)c1cc(F)c(Cl)c(CN)c1.